The second kappa shape index (κ2) is 4.94. The summed E-state index contributed by atoms with van der Waals surface area (Å²) in [5, 5.41) is 0. The van der Waals surface area contributed by atoms with Crippen molar-refractivity contribution in [2.24, 2.45) is 0 Å². The Morgan fingerprint density at radius 1 is 0.938 bits per heavy atom. The van der Waals surface area contributed by atoms with E-state index in [1.165, 1.54) is 0 Å². The molecule has 0 aromatic heterocycles. The van der Waals surface area contributed by atoms with E-state index in [-0.39, 0.29) is 0 Å². The fourth-order valence-corrected chi connectivity index (χ4v) is 2.96. The highest BCUT2D eigenvalue weighted by Gasteiger charge is 2.78. The third-order valence-corrected chi connectivity index (χ3v) is 4.82. The normalized spacial score (nSPS) is 16.3. The molecule has 0 aliphatic rings. The summed E-state index contributed by atoms with van der Waals surface area (Å²) in [5.74, 6) is -4.93. The molecule has 0 aliphatic heterocycles. The van der Waals surface area contributed by atoms with Crippen molar-refractivity contribution < 1.29 is 35.2 Å². The monoisotopic (exact) mass is 268 g/mol. The Morgan fingerprint density at radius 2 is 1.25 bits per heavy atom. The van der Waals surface area contributed by atoms with Crippen LogP contribution in [0.4, 0.5) is 22.0 Å². The van der Waals surface area contributed by atoms with Crippen molar-refractivity contribution in [3.8, 4) is 0 Å². The van der Waals surface area contributed by atoms with E-state index in [0.717, 1.165) is 21.3 Å². The lowest BCUT2D eigenvalue weighted by molar-refractivity contribution is -0.221. The third-order valence-electron chi connectivity index (χ3n) is 2.11. The average molecular weight is 268 g/mol. The minimum Gasteiger partial charge on any atom is -0.373 e. The SMILES string of the molecule is CO[Si](OC)(OC)C(F)(F)C(F)(F)C(C)F. The molecule has 3 nitrogen and oxygen atoms in total. The summed E-state index contributed by atoms with van der Waals surface area (Å²) in [5.41, 5.74) is -4.85. The highest BCUT2D eigenvalue weighted by molar-refractivity contribution is 6.63. The first kappa shape index (κ1) is 15.7. The lowest BCUT2D eigenvalue weighted by Gasteiger charge is -2.36. The highest BCUT2D eigenvalue weighted by Crippen LogP contribution is 2.45. The molecule has 0 spiro atoms. The molecule has 1 unspecified atom stereocenters. The summed E-state index contributed by atoms with van der Waals surface area (Å²) in [7, 11) is -2.74. The van der Waals surface area contributed by atoms with Gasteiger partial charge < -0.3 is 13.3 Å². The van der Waals surface area contributed by atoms with Gasteiger partial charge in [0.15, 0.2) is 6.17 Å². The fourth-order valence-electron chi connectivity index (χ4n) is 1.09. The van der Waals surface area contributed by atoms with Crippen LogP contribution in [0.5, 0.6) is 0 Å². The number of rotatable bonds is 6. The smallest absolute Gasteiger partial charge is 0.373 e. The Morgan fingerprint density at radius 3 is 1.44 bits per heavy atom. The van der Waals surface area contributed by atoms with Crippen molar-refractivity contribution in [3.05, 3.63) is 0 Å². The van der Waals surface area contributed by atoms with Crippen LogP contribution in [-0.4, -0.2) is 47.8 Å². The van der Waals surface area contributed by atoms with Crippen LogP contribution in [-0.2, 0) is 13.3 Å². The topological polar surface area (TPSA) is 27.7 Å². The largest absolute Gasteiger partial charge is 0.581 e. The van der Waals surface area contributed by atoms with Gasteiger partial charge in [-0.15, -0.1) is 0 Å². The van der Waals surface area contributed by atoms with Crippen LogP contribution >= 0.6 is 0 Å². The molecule has 0 aromatic carbocycles. The van der Waals surface area contributed by atoms with Gasteiger partial charge in [-0.25, -0.2) is 4.39 Å². The Kier molecular flexibility index (Phi) is 4.86. The molecule has 0 fully saturated rings. The maximum Gasteiger partial charge on any atom is 0.581 e. The third kappa shape index (κ3) is 2.08. The summed E-state index contributed by atoms with van der Waals surface area (Å²) in [6.45, 7) is 0.327. The zero-order chi connectivity index (χ0) is 13.2. The van der Waals surface area contributed by atoms with Crippen molar-refractivity contribution in [1.82, 2.24) is 0 Å². The molecule has 0 amide bonds. The van der Waals surface area contributed by atoms with E-state index in [9.17, 15) is 22.0 Å². The maximum absolute atomic E-state index is 13.5. The quantitative estimate of drug-likeness (QED) is 0.545. The highest BCUT2D eigenvalue weighted by atomic mass is 28.4. The van der Waals surface area contributed by atoms with Crippen molar-refractivity contribution in [2.45, 2.75) is 24.6 Å². The van der Waals surface area contributed by atoms with Crippen LogP contribution in [0.15, 0.2) is 0 Å². The molecule has 0 aromatic rings. The first-order valence-corrected chi connectivity index (χ1v) is 5.90. The Bertz CT molecular complexity index is 224. The summed E-state index contributed by atoms with van der Waals surface area (Å²) in [6.07, 6.45) is -3.06. The van der Waals surface area contributed by atoms with E-state index in [1.807, 2.05) is 0 Å². The summed E-state index contributed by atoms with van der Waals surface area (Å²) in [4.78, 5) is 0. The molecule has 16 heavy (non-hydrogen) atoms. The van der Waals surface area contributed by atoms with Gasteiger partial charge in [0.1, 0.15) is 0 Å². The van der Waals surface area contributed by atoms with Gasteiger partial charge in [-0.2, -0.15) is 17.6 Å². The van der Waals surface area contributed by atoms with Gasteiger partial charge in [0, 0.05) is 21.3 Å². The summed E-state index contributed by atoms with van der Waals surface area (Å²) < 4.78 is 78.3. The van der Waals surface area contributed by atoms with Crippen LogP contribution < -0.4 is 0 Å². The lowest BCUT2D eigenvalue weighted by Crippen LogP contribution is -2.68. The standard InChI is InChI=1S/C7H13F5O3Si/c1-5(8)6(9,10)7(11,12)16(13-2,14-3)15-4/h5H,1-4H3. The van der Waals surface area contributed by atoms with Crippen LogP contribution in [0.1, 0.15) is 6.92 Å². The molecular weight excluding hydrogens is 255 g/mol. The average Bonchev–Trinajstić information content (AvgIpc) is 2.20. The zero-order valence-electron chi connectivity index (χ0n) is 9.19. The van der Waals surface area contributed by atoms with Crippen LogP contribution in [0.25, 0.3) is 0 Å². The van der Waals surface area contributed by atoms with Crippen LogP contribution in [0, 0.1) is 0 Å². The Balaban J connectivity index is 5.45. The second-order valence-electron chi connectivity index (χ2n) is 2.98. The predicted molar refractivity (Wildman–Crippen MR) is 47.2 cm³/mol. The zero-order valence-corrected chi connectivity index (χ0v) is 10.2. The van der Waals surface area contributed by atoms with Crippen LogP contribution in [0.2, 0.25) is 0 Å². The van der Waals surface area contributed by atoms with E-state index < -0.39 is 26.4 Å². The molecule has 0 bridgehead atoms. The maximum atomic E-state index is 13.5. The molecule has 0 saturated carbocycles. The van der Waals surface area contributed by atoms with Gasteiger partial charge >= 0.3 is 20.3 Å². The minimum atomic E-state index is -4.97. The molecule has 9 heteroatoms. The Hall–Kier alpha value is -0.253. The molecule has 0 radical (unpaired) electrons. The van der Waals surface area contributed by atoms with E-state index in [2.05, 4.69) is 13.3 Å². The lowest BCUT2D eigenvalue weighted by atomic mass is 10.2. The molecule has 98 valence electrons. The number of alkyl halides is 5. The first-order valence-electron chi connectivity index (χ1n) is 4.18. The molecule has 0 saturated heterocycles. The fraction of sp³-hybridized carbons (Fsp3) is 1.00. The number of halogens is 5. The summed E-state index contributed by atoms with van der Waals surface area (Å²) in [6, 6.07) is 0. The number of hydrogen-bond acceptors (Lipinski definition) is 3. The van der Waals surface area contributed by atoms with Crippen molar-refractivity contribution in [1.29, 1.82) is 0 Å². The number of hydrogen-bond donors (Lipinski definition) is 0. The van der Waals surface area contributed by atoms with Gasteiger partial charge in [0.05, 0.1) is 0 Å². The van der Waals surface area contributed by atoms with E-state index in [4.69, 9.17) is 0 Å². The van der Waals surface area contributed by atoms with Crippen molar-refractivity contribution in [3.63, 3.8) is 0 Å². The van der Waals surface area contributed by atoms with Gasteiger partial charge in [-0.3, -0.25) is 0 Å². The van der Waals surface area contributed by atoms with Crippen molar-refractivity contribution >= 4 is 8.80 Å². The van der Waals surface area contributed by atoms with Gasteiger partial charge in [0.25, 0.3) is 0 Å². The van der Waals surface area contributed by atoms with Gasteiger partial charge in [-0.1, -0.05) is 0 Å². The molecule has 1 atom stereocenters. The molecule has 0 aliphatic carbocycles. The van der Waals surface area contributed by atoms with Gasteiger partial charge in [-0.05, 0) is 6.92 Å². The molecule has 0 rings (SSSR count). The molecule has 0 heterocycles. The predicted octanol–water partition coefficient (Wildman–Crippen LogP) is 2.03. The van der Waals surface area contributed by atoms with E-state index >= 15 is 0 Å². The minimum absolute atomic E-state index is 0.327. The van der Waals surface area contributed by atoms with Crippen LogP contribution in [0.3, 0.4) is 0 Å². The molecular formula is C7H13F5O3Si. The van der Waals surface area contributed by atoms with E-state index in [0.29, 0.717) is 6.92 Å². The first-order chi connectivity index (χ1) is 7.13. The second-order valence-corrected chi connectivity index (χ2v) is 5.95. The van der Waals surface area contributed by atoms with E-state index in [1.54, 1.807) is 0 Å². The van der Waals surface area contributed by atoms with Crippen molar-refractivity contribution in [2.75, 3.05) is 21.3 Å². The summed E-state index contributed by atoms with van der Waals surface area (Å²) >= 11 is 0. The molecule has 0 N–H and O–H groups in total. The Labute approximate surface area is 90.8 Å². The van der Waals surface area contributed by atoms with Gasteiger partial charge in [0.2, 0.25) is 0 Å².